The van der Waals surface area contributed by atoms with Crippen LogP contribution in [0.4, 0.5) is 0 Å². The number of amides is 1. The molecule has 0 atom stereocenters. The molecule has 100 valence electrons. The molecule has 4 N–H and O–H groups in total. The highest BCUT2D eigenvalue weighted by atomic mass is 16.3. The summed E-state index contributed by atoms with van der Waals surface area (Å²) in [6.07, 6.45) is 1.75. The van der Waals surface area contributed by atoms with Crippen molar-refractivity contribution in [3.05, 3.63) is 41.7 Å². The average Bonchev–Trinajstić information content (AvgIpc) is 2.86. The van der Waals surface area contributed by atoms with Crippen LogP contribution in [0, 0.1) is 0 Å². The van der Waals surface area contributed by atoms with Gasteiger partial charge < -0.3 is 16.2 Å². The summed E-state index contributed by atoms with van der Waals surface area (Å²) >= 11 is 0. The van der Waals surface area contributed by atoms with Gasteiger partial charge in [0.25, 0.3) is 0 Å². The Morgan fingerprint density at radius 1 is 1.37 bits per heavy atom. The van der Waals surface area contributed by atoms with Gasteiger partial charge in [-0.3, -0.25) is 4.79 Å². The molecular formula is C12H15N5O2. The zero-order chi connectivity index (χ0) is 13.7. The van der Waals surface area contributed by atoms with Crippen molar-refractivity contribution < 1.29 is 9.90 Å². The van der Waals surface area contributed by atoms with Crippen LogP contribution in [0.1, 0.15) is 11.3 Å². The second-order valence-corrected chi connectivity index (χ2v) is 4.05. The maximum atomic E-state index is 11.0. The lowest BCUT2D eigenvalue weighted by atomic mass is 10.2. The third kappa shape index (κ3) is 3.78. The number of aromatic hydroxyl groups is 1. The van der Waals surface area contributed by atoms with Crippen LogP contribution < -0.4 is 11.1 Å². The number of nitrogens with one attached hydrogen (secondary N) is 1. The molecule has 7 heteroatoms. The number of aromatic nitrogens is 3. The first-order chi connectivity index (χ1) is 9.17. The molecule has 1 aromatic carbocycles. The Balaban J connectivity index is 1.93. The van der Waals surface area contributed by atoms with E-state index in [-0.39, 0.29) is 18.2 Å². The van der Waals surface area contributed by atoms with Crippen molar-refractivity contribution in [1.82, 2.24) is 20.3 Å². The van der Waals surface area contributed by atoms with Crippen LogP contribution in [0.5, 0.6) is 5.75 Å². The van der Waals surface area contributed by atoms with E-state index < -0.39 is 0 Å². The molecule has 0 saturated carbocycles. The van der Waals surface area contributed by atoms with Crippen molar-refractivity contribution in [2.75, 3.05) is 6.54 Å². The number of rotatable bonds is 5. The van der Waals surface area contributed by atoms with Crippen LogP contribution in [0.2, 0.25) is 0 Å². The fraction of sp³-hybridized carbons (Fsp3) is 0.250. The van der Waals surface area contributed by atoms with Gasteiger partial charge in [0.1, 0.15) is 11.4 Å². The van der Waals surface area contributed by atoms with Crippen molar-refractivity contribution in [3.63, 3.8) is 0 Å². The number of hydrogen-bond donors (Lipinski definition) is 3. The summed E-state index contributed by atoms with van der Waals surface area (Å²) in [5, 5.41) is 19.7. The summed E-state index contributed by atoms with van der Waals surface area (Å²) in [7, 11) is 0. The van der Waals surface area contributed by atoms with Gasteiger partial charge in [0.2, 0.25) is 5.91 Å². The molecule has 2 aromatic rings. The van der Waals surface area contributed by atoms with E-state index in [1.807, 2.05) is 12.1 Å². The van der Waals surface area contributed by atoms with E-state index in [9.17, 15) is 9.90 Å². The Morgan fingerprint density at radius 3 is 2.79 bits per heavy atom. The minimum atomic E-state index is -0.229. The number of nitrogens with two attached hydrogens (primary N) is 1. The number of carbonyl (C=O) groups excluding carboxylic acids is 1. The molecule has 0 fully saturated rings. The van der Waals surface area contributed by atoms with Gasteiger partial charge in [-0.25, -0.2) is 4.68 Å². The molecule has 2 rings (SSSR count). The monoisotopic (exact) mass is 261 g/mol. The molecule has 1 heterocycles. The van der Waals surface area contributed by atoms with E-state index in [4.69, 9.17) is 5.73 Å². The summed E-state index contributed by atoms with van der Waals surface area (Å²) in [6.45, 7) is 0.825. The fourth-order valence-electron chi connectivity index (χ4n) is 1.55. The lowest BCUT2D eigenvalue weighted by Crippen LogP contribution is -2.29. The molecule has 7 nitrogen and oxygen atoms in total. The summed E-state index contributed by atoms with van der Waals surface area (Å²) in [5.41, 5.74) is 6.85. The Hall–Kier alpha value is -2.41. The van der Waals surface area contributed by atoms with E-state index in [1.165, 1.54) is 0 Å². The van der Waals surface area contributed by atoms with E-state index in [0.29, 0.717) is 18.8 Å². The van der Waals surface area contributed by atoms with Crippen LogP contribution in [-0.4, -0.2) is 32.6 Å². The van der Waals surface area contributed by atoms with E-state index in [1.54, 1.807) is 23.0 Å². The van der Waals surface area contributed by atoms with Crippen molar-refractivity contribution in [3.8, 4) is 5.75 Å². The number of hydrogen-bond acceptors (Lipinski definition) is 5. The minimum Gasteiger partial charge on any atom is -0.508 e. The minimum absolute atomic E-state index is 0.0400. The lowest BCUT2D eigenvalue weighted by molar-refractivity contribution is -0.119. The van der Waals surface area contributed by atoms with Crippen LogP contribution >= 0.6 is 0 Å². The first-order valence-corrected chi connectivity index (χ1v) is 5.81. The number of carbonyl (C=O) groups is 1. The Labute approximate surface area is 110 Å². The molecule has 0 radical (unpaired) electrons. The smallest absolute Gasteiger partial charge is 0.234 e. The van der Waals surface area contributed by atoms with Crippen molar-refractivity contribution in [2.45, 2.75) is 13.1 Å². The standard InChI is InChI=1S/C12H15N5O2/c13-5-12(19)14-6-10-8-17(16-15-10)7-9-1-3-11(18)4-2-9/h1-4,8,18H,5-7,13H2,(H,14,19). The molecule has 0 aliphatic rings. The number of phenolic OH excluding ortho intramolecular Hbond substituents is 1. The molecular weight excluding hydrogens is 246 g/mol. The van der Waals surface area contributed by atoms with E-state index in [2.05, 4.69) is 15.6 Å². The molecule has 1 aromatic heterocycles. The largest absolute Gasteiger partial charge is 0.508 e. The maximum Gasteiger partial charge on any atom is 0.234 e. The first-order valence-electron chi connectivity index (χ1n) is 5.81. The van der Waals surface area contributed by atoms with Gasteiger partial charge >= 0.3 is 0 Å². The number of benzene rings is 1. The van der Waals surface area contributed by atoms with Crippen molar-refractivity contribution >= 4 is 5.91 Å². The van der Waals surface area contributed by atoms with Crippen molar-refractivity contribution in [2.24, 2.45) is 5.73 Å². The predicted molar refractivity (Wildman–Crippen MR) is 68.1 cm³/mol. The molecule has 0 aliphatic carbocycles. The predicted octanol–water partition coefficient (Wildman–Crippen LogP) is -0.393. The van der Waals surface area contributed by atoms with Gasteiger partial charge in [-0.15, -0.1) is 5.10 Å². The van der Waals surface area contributed by atoms with Gasteiger partial charge in [-0.2, -0.15) is 0 Å². The third-order valence-corrected chi connectivity index (χ3v) is 2.52. The summed E-state index contributed by atoms with van der Waals surface area (Å²) in [4.78, 5) is 11.0. The number of nitrogens with zero attached hydrogens (tertiary/aromatic N) is 3. The SMILES string of the molecule is NCC(=O)NCc1cn(Cc2ccc(O)cc2)nn1. The van der Waals surface area contributed by atoms with Gasteiger partial charge in [0, 0.05) is 0 Å². The van der Waals surface area contributed by atoms with Gasteiger partial charge in [0.05, 0.1) is 25.8 Å². The normalized spacial score (nSPS) is 10.4. The molecule has 0 aliphatic heterocycles. The lowest BCUT2D eigenvalue weighted by Gasteiger charge is -2.01. The topological polar surface area (TPSA) is 106 Å². The number of phenols is 1. The Morgan fingerprint density at radius 2 is 2.11 bits per heavy atom. The van der Waals surface area contributed by atoms with Gasteiger partial charge in [-0.1, -0.05) is 17.3 Å². The second-order valence-electron chi connectivity index (χ2n) is 4.05. The third-order valence-electron chi connectivity index (χ3n) is 2.52. The first kappa shape index (κ1) is 13.0. The zero-order valence-electron chi connectivity index (χ0n) is 10.3. The van der Waals surface area contributed by atoms with Crippen LogP contribution in [0.25, 0.3) is 0 Å². The maximum absolute atomic E-state index is 11.0. The molecule has 0 spiro atoms. The Bertz CT molecular complexity index is 550. The van der Waals surface area contributed by atoms with E-state index in [0.717, 1.165) is 5.56 Å². The average molecular weight is 261 g/mol. The molecule has 19 heavy (non-hydrogen) atoms. The van der Waals surface area contributed by atoms with Crippen LogP contribution in [-0.2, 0) is 17.9 Å². The fourth-order valence-corrected chi connectivity index (χ4v) is 1.55. The van der Waals surface area contributed by atoms with Crippen LogP contribution in [0.15, 0.2) is 30.5 Å². The highest BCUT2D eigenvalue weighted by molar-refractivity contribution is 5.77. The zero-order valence-corrected chi connectivity index (χ0v) is 10.3. The van der Waals surface area contributed by atoms with Crippen molar-refractivity contribution in [1.29, 1.82) is 0 Å². The van der Waals surface area contributed by atoms with Gasteiger partial charge in [0.15, 0.2) is 0 Å². The molecule has 0 saturated heterocycles. The summed E-state index contributed by atoms with van der Waals surface area (Å²) in [5.74, 6) is 0.000566. The highest BCUT2D eigenvalue weighted by Crippen LogP contribution is 2.10. The summed E-state index contributed by atoms with van der Waals surface area (Å²) < 4.78 is 1.66. The molecule has 1 amide bonds. The quantitative estimate of drug-likeness (QED) is 0.679. The molecule has 0 bridgehead atoms. The van der Waals surface area contributed by atoms with Crippen LogP contribution in [0.3, 0.4) is 0 Å². The highest BCUT2D eigenvalue weighted by Gasteiger charge is 2.03. The Kier molecular flexibility index (Phi) is 4.09. The van der Waals surface area contributed by atoms with Gasteiger partial charge in [-0.05, 0) is 17.7 Å². The summed E-state index contributed by atoms with van der Waals surface area (Å²) in [6, 6.07) is 6.86. The molecule has 0 unspecified atom stereocenters. The van der Waals surface area contributed by atoms with E-state index >= 15 is 0 Å². The second kappa shape index (κ2) is 5.96.